The third-order valence-corrected chi connectivity index (χ3v) is 2.19. The second kappa shape index (κ2) is 7.89. The summed E-state index contributed by atoms with van der Waals surface area (Å²) in [5.41, 5.74) is 0. The lowest BCUT2D eigenvalue weighted by Crippen LogP contribution is -2.42. The number of aliphatic hydroxyl groups excluding tert-OH is 1. The van der Waals surface area contributed by atoms with E-state index in [0.717, 1.165) is 6.42 Å². The largest absolute Gasteiger partial charge is 0.479 e. The molecular weight excluding hydrogens is 224 g/mol. The molecule has 17 heavy (non-hydrogen) atoms. The minimum Gasteiger partial charge on any atom is -0.479 e. The van der Waals surface area contributed by atoms with E-state index in [4.69, 9.17) is 10.2 Å². The van der Waals surface area contributed by atoms with Gasteiger partial charge in [0.2, 0.25) is 0 Å². The van der Waals surface area contributed by atoms with Crippen molar-refractivity contribution in [3.63, 3.8) is 0 Å². The molecule has 0 aromatic heterocycles. The summed E-state index contributed by atoms with van der Waals surface area (Å²) in [6.07, 6.45) is -0.546. The number of rotatable bonds is 7. The summed E-state index contributed by atoms with van der Waals surface area (Å²) < 4.78 is 0. The highest BCUT2D eigenvalue weighted by atomic mass is 16.4. The van der Waals surface area contributed by atoms with E-state index in [2.05, 4.69) is 24.5 Å². The molecule has 0 rings (SSSR count). The highest BCUT2D eigenvalue weighted by Crippen LogP contribution is 2.03. The fourth-order valence-electron chi connectivity index (χ4n) is 1.49. The molecule has 0 aromatic carbocycles. The fourth-order valence-corrected chi connectivity index (χ4v) is 1.49. The van der Waals surface area contributed by atoms with Crippen LogP contribution in [0.2, 0.25) is 0 Å². The minimum atomic E-state index is -1.43. The number of hydrogen-bond donors (Lipinski definition) is 4. The SMILES string of the molecule is CC(C)CC(C)NC(=O)NCC[C@H](O)C(=O)O. The van der Waals surface area contributed by atoms with E-state index in [1.54, 1.807) is 0 Å². The maximum atomic E-state index is 11.3. The first-order chi connectivity index (χ1) is 7.82. The van der Waals surface area contributed by atoms with Crippen molar-refractivity contribution in [1.29, 1.82) is 0 Å². The summed E-state index contributed by atoms with van der Waals surface area (Å²) in [4.78, 5) is 21.6. The van der Waals surface area contributed by atoms with E-state index in [-0.39, 0.29) is 25.0 Å². The molecule has 6 nitrogen and oxygen atoms in total. The number of aliphatic hydroxyl groups is 1. The third-order valence-electron chi connectivity index (χ3n) is 2.19. The summed E-state index contributed by atoms with van der Waals surface area (Å²) in [6.45, 7) is 6.18. The van der Waals surface area contributed by atoms with Gasteiger partial charge >= 0.3 is 12.0 Å². The number of hydrogen-bond acceptors (Lipinski definition) is 3. The summed E-state index contributed by atoms with van der Waals surface area (Å²) in [6, 6.07) is -0.268. The Hall–Kier alpha value is -1.30. The highest BCUT2D eigenvalue weighted by Gasteiger charge is 2.13. The van der Waals surface area contributed by atoms with Crippen molar-refractivity contribution in [2.24, 2.45) is 5.92 Å². The first kappa shape index (κ1) is 15.7. The van der Waals surface area contributed by atoms with E-state index in [9.17, 15) is 9.59 Å². The molecule has 0 bridgehead atoms. The van der Waals surface area contributed by atoms with Crippen LogP contribution in [0.25, 0.3) is 0 Å². The molecule has 0 aliphatic heterocycles. The van der Waals surface area contributed by atoms with Crippen LogP contribution in [0.1, 0.15) is 33.6 Å². The standard InChI is InChI=1S/C11H22N2O4/c1-7(2)6-8(3)13-11(17)12-5-4-9(14)10(15)16/h7-9,14H,4-6H2,1-3H3,(H,15,16)(H2,12,13,17)/t8?,9-/m0/s1. The van der Waals surface area contributed by atoms with Crippen molar-refractivity contribution in [2.45, 2.75) is 45.8 Å². The summed E-state index contributed by atoms with van der Waals surface area (Å²) in [7, 11) is 0. The molecule has 2 amide bonds. The smallest absolute Gasteiger partial charge is 0.332 e. The zero-order chi connectivity index (χ0) is 13.4. The van der Waals surface area contributed by atoms with Gasteiger partial charge in [-0.3, -0.25) is 0 Å². The lowest BCUT2D eigenvalue weighted by atomic mass is 10.1. The van der Waals surface area contributed by atoms with Gasteiger partial charge in [0.25, 0.3) is 0 Å². The first-order valence-electron chi connectivity index (χ1n) is 5.78. The predicted octanol–water partition coefficient (Wildman–Crippen LogP) is 0.556. The first-order valence-corrected chi connectivity index (χ1v) is 5.78. The van der Waals surface area contributed by atoms with Gasteiger partial charge in [-0.05, 0) is 19.3 Å². The molecule has 0 saturated heterocycles. The maximum absolute atomic E-state index is 11.3. The molecule has 2 atom stereocenters. The Bertz CT molecular complexity index is 256. The second-order valence-electron chi connectivity index (χ2n) is 4.57. The van der Waals surface area contributed by atoms with Crippen molar-refractivity contribution in [1.82, 2.24) is 10.6 Å². The van der Waals surface area contributed by atoms with Gasteiger partial charge < -0.3 is 20.8 Å². The van der Waals surface area contributed by atoms with Gasteiger partial charge in [0, 0.05) is 19.0 Å². The van der Waals surface area contributed by atoms with Gasteiger partial charge in [0.1, 0.15) is 0 Å². The van der Waals surface area contributed by atoms with Gasteiger partial charge in [-0.15, -0.1) is 0 Å². The molecule has 0 aliphatic rings. The molecule has 0 aromatic rings. The van der Waals surface area contributed by atoms with Gasteiger partial charge in [0.05, 0.1) is 0 Å². The zero-order valence-corrected chi connectivity index (χ0v) is 10.6. The minimum absolute atomic E-state index is 0.00130. The number of aliphatic carboxylic acids is 1. The van der Waals surface area contributed by atoms with E-state index in [1.165, 1.54) is 0 Å². The number of carbonyl (C=O) groups is 2. The van der Waals surface area contributed by atoms with Crippen LogP contribution in [0.15, 0.2) is 0 Å². The van der Waals surface area contributed by atoms with Gasteiger partial charge in [0.15, 0.2) is 6.10 Å². The van der Waals surface area contributed by atoms with Gasteiger partial charge in [-0.1, -0.05) is 13.8 Å². The van der Waals surface area contributed by atoms with Gasteiger partial charge in [-0.2, -0.15) is 0 Å². The molecule has 0 fully saturated rings. The van der Waals surface area contributed by atoms with E-state index in [1.807, 2.05) is 6.92 Å². The average molecular weight is 246 g/mol. The number of carbonyl (C=O) groups excluding carboxylic acids is 1. The summed E-state index contributed by atoms with van der Waals surface area (Å²) in [5, 5.41) is 22.6. The molecule has 0 saturated carbocycles. The van der Waals surface area contributed by atoms with Crippen LogP contribution >= 0.6 is 0 Å². The van der Waals surface area contributed by atoms with Crippen molar-refractivity contribution in [2.75, 3.05) is 6.54 Å². The number of urea groups is 1. The molecule has 1 unspecified atom stereocenters. The Morgan fingerprint density at radius 2 is 1.82 bits per heavy atom. The van der Waals surface area contributed by atoms with Crippen molar-refractivity contribution in [3.05, 3.63) is 0 Å². The van der Waals surface area contributed by atoms with Crippen LogP contribution in [0.3, 0.4) is 0 Å². The zero-order valence-electron chi connectivity index (χ0n) is 10.6. The lowest BCUT2D eigenvalue weighted by Gasteiger charge is -2.16. The van der Waals surface area contributed by atoms with Gasteiger partial charge in [-0.25, -0.2) is 9.59 Å². The second-order valence-corrected chi connectivity index (χ2v) is 4.57. The Morgan fingerprint density at radius 3 is 2.29 bits per heavy atom. The Balaban J connectivity index is 3.69. The quantitative estimate of drug-likeness (QED) is 0.527. The van der Waals surface area contributed by atoms with Crippen LogP contribution in [-0.4, -0.2) is 40.9 Å². The topological polar surface area (TPSA) is 98.7 Å². The van der Waals surface area contributed by atoms with Crippen LogP contribution in [-0.2, 0) is 4.79 Å². The monoisotopic (exact) mass is 246 g/mol. The Morgan fingerprint density at radius 1 is 1.24 bits per heavy atom. The molecule has 0 aliphatic carbocycles. The third kappa shape index (κ3) is 8.50. The van der Waals surface area contributed by atoms with Crippen molar-refractivity contribution >= 4 is 12.0 Å². The highest BCUT2D eigenvalue weighted by molar-refractivity contribution is 5.74. The molecule has 0 radical (unpaired) electrons. The molecule has 4 N–H and O–H groups in total. The number of carboxylic acid groups (broad SMARTS) is 1. The lowest BCUT2D eigenvalue weighted by molar-refractivity contribution is -0.146. The molecule has 0 spiro atoms. The number of carboxylic acids is 1. The van der Waals surface area contributed by atoms with Crippen molar-refractivity contribution < 1.29 is 19.8 Å². The van der Waals surface area contributed by atoms with E-state index < -0.39 is 12.1 Å². The van der Waals surface area contributed by atoms with E-state index >= 15 is 0 Å². The normalized spacial score (nSPS) is 14.2. The molecule has 0 heterocycles. The van der Waals surface area contributed by atoms with Crippen LogP contribution in [0.5, 0.6) is 0 Å². The summed E-state index contributed by atoms with van der Waals surface area (Å²) >= 11 is 0. The molecule has 100 valence electrons. The molecular formula is C11H22N2O4. The van der Waals surface area contributed by atoms with Crippen molar-refractivity contribution in [3.8, 4) is 0 Å². The fraction of sp³-hybridized carbons (Fsp3) is 0.818. The van der Waals surface area contributed by atoms with E-state index in [0.29, 0.717) is 5.92 Å². The number of nitrogens with one attached hydrogen (secondary N) is 2. The van der Waals surface area contributed by atoms with Crippen LogP contribution in [0, 0.1) is 5.92 Å². The number of amides is 2. The average Bonchev–Trinajstić information content (AvgIpc) is 2.15. The summed E-state index contributed by atoms with van der Waals surface area (Å²) in [5.74, 6) is -0.778. The Labute approximate surface area is 101 Å². The molecule has 6 heteroatoms. The van der Waals surface area contributed by atoms with Crippen LogP contribution in [0.4, 0.5) is 4.79 Å². The van der Waals surface area contributed by atoms with Crippen LogP contribution < -0.4 is 10.6 Å². The Kier molecular flexibility index (Phi) is 7.29. The maximum Gasteiger partial charge on any atom is 0.332 e. The predicted molar refractivity (Wildman–Crippen MR) is 63.7 cm³/mol.